The third kappa shape index (κ3) is 2.05. The summed E-state index contributed by atoms with van der Waals surface area (Å²) in [6.45, 7) is 4.21. The van der Waals surface area contributed by atoms with Crippen LogP contribution in [0.15, 0.2) is 24.3 Å². The smallest absolute Gasteiger partial charge is 0.126 e. The van der Waals surface area contributed by atoms with E-state index in [1.807, 2.05) is 19.1 Å². The summed E-state index contributed by atoms with van der Waals surface area (Å²) in [5.41, 5.74) is 8.30. The topological polar surface area (TPSA) is 43.8 Å². The number of rotatable bonds is 2. The van der Waals surface area contributed by atoms with Crippen LogP contribution in [0, 0.1) is 19.7 Å². The van der Waals surface area contributed by atoms with E-state index in [0.717, 1.165) is 11.3 Å². The van der Waals surface area contributed by atoms with Crippen molar-refractivity contribution >= 4 is 5.82 Å². The summed E-state index contributed by atoms with van der Waals surface area (Å²) in [4.78, 5) is 0. The highest BCUT2D eigenvalue weighted by atomic mass is 19.1. The molecule has 0 amide bonds. The van der Waals surface area contributed by atoms with Gasteiger partial charge < -0.3 is 5.73 Å². The lowest BCUT2D eigenvalue weighted by Crippen LogP contribution is -2.06. The summed E-state index contributed by atoms with van der Waals surface area (Å²) in [6, 6.07) is 6.85. The lowest BCUT2D eigenvalue weighted by molar-refractivity contribution is 0.615. The fourth-order valence-corrected chi connectivity index (χ4v) is 1.67. The van der Waals surface area contributed by atoms with Crippen LogP contribution >= 0.6 is 0 Å². The molecule has 0 unspecified atom stereocenters. The molecule has 0 atom stereocenters. The van der Waals surface area contributed by atoms with Gasteiger partial charge in [0.25, 0.3) is 0 Å². The minimum absolute atomic E-state index is 0.187. The molecule has 84 valence electrons. The van der Waals surface area contributed by atoms with Crippen molar-refractivity contribution in [2.75, 3.05) is 5.73 Å². The zero-order valence-corrected chi connectivity index (χ0v) is 9.37. The first-order chi connectivity index (χ1) is 7.56. The van der Waals surface area contributed by atoms with Gasteiger partial charge in [0.1, 0.15) is 11.6 Å². The van der Waals surface area contributed by atoms with Crippen LogP contribution in [0.1, 0.15) is 16.8 Å². The molecule has 16 heavy (non-hydrogen) atoms. The number of nitrogens with two attached hydrogens (primary N) is 1. The van der Waals surface area contributed by atoms with Crippen molar-refractivity contribution in [1.82, 2.24) is 9.78 Å². The lowest BCUT2D eigenvalue weighted by atomic mass is 10.1. The Kier molecular flexibility index (Phi) is 2.64. The second kappa shape index (κ2) is 3.96. The maximum atomic E-state index is 13.1. The van der Waals surface area contributed by atoms with E-state index in [1.165, 1.54) is 6.07 Å². The van der Waals surface area contributed by atoms with Gasteiger partial charge in [-0.15, -0.1) is 0 Å². The van der Waals surface area contributed by atoms with Gasteiger partial charge in [-0.25, -0.2) is 9.07 Å². The molecule has 0 saturated heterocycles. The van der Waals surface area contributed by atoms with Crippen molar-refractivity contribution in [3.8, 4) is 0 Å². The van der Waals surface area contributed by atoms with Gasteiger partial charge in [0, 0.05) is 6.07 Å². The predicted molar refractivity (Wildman–Crippen MR) is 61.6 cm³/mol. The first-order valence-electron chi connectivity index (χ1n) is 5.11. The average molecular weight is 219 g/mol. The first-order valence-corrected chi connectivity index (χ1v) is 5.11. The molecular weight excluding hydrogens is 205 g/mol. The van der Waals surface area contributed by atoms with E-state index in [1.54, 1.807) is 17.7 Å². The number of anilines is 1. The highest BCUT2D eigenvalue weighted by molar-refractivity contribution is 5.32. The molecule has 0 aliphatic heterocycles. The van der Waals surface area contributed by atoms with Crippen LogP contribution in [-0.4, -0.2) is 9.78 Å². The summed E-state index contributed by atoms with van der Waals surface area (Å²) in [5.74, 6) is 0.438. The normalized spacial score (nSPS) is 10.7. The van der Waals surface area contributed by atoms with E-state index >= 15 is 0 Å². The van der Waals surface area contributed by atoms with Crippen LogP contribution in [-0.2, 0) is 6.54 Å². The zero-order chi connectivity index (χ0) is 11.7. The molecule has 1 heterocycles. The quantitative estimate of drug-likeness (QED) is 0.842. The van der Waals surface area contributed by atoms with Crippen molar-refractivity contribution in [2.24, 2.45) is 0 Å². The third-order valence-corrected chi connectivity index (χ3v) is 2.49. The third-order valence-electron chi connectivity index (χ3n) is 2.49. The molecule has 2 aromatic rings. The number of aromatic nitrogens is 2. The first kappa shape index (κ1) is 10.7. The lowest BCUT2D eigenvalue weighted by Gasteiger charge is -2.05. The minimum atomic E-state index is -0.187. The molecule has 1 aromatic heterocycles. The van der Waals surface area contributed by atoms with E-state index in [9.17, 15) is 4.39 Å². The molecular formula is C12H14FN3. The highest BCUT2D eigenvalue weighted by Gasteiger charge is 2.04. The Hall–Kier alpha value is -1.84. The van der Waals surface area contributed by atoms with Crippen LogP contribution in [0.2, 0.25) is 0 Å². The van der Waals surface area contributed by atoms with Crippen molar-refractivity contribution in [3.05, 3.63) is 46.9 Å². The molecule has 0 spiro atoms. The standard InChI is InChI=1S/C12H14FN3/c1-8-5-10(3-4-11(8)13)7-16-12(14)6-9(2)15-16/h3-6H,7,14H2,1-2H3. The number of aryl methyl sites for hydroxylation is 2. The highest BCUT2D eigenvalue weighted by Crippen LogP contribution is 2.13. The van der Waals surface area contributed by atoms with E-state index in [0.29, 0.717) is 17.9 Å². The Balaban J connectivity index is 2.27. The van der Waals surface area contributed by atoms with Gasteiger partial charge in [-0.1, -0.05) is 12.1 Å². The molecule has 0 fully saturated rings. The van der Waals surface area contributed by atoms with Gasteiger partial charge in [-0.3, -0.25) is 0 Å². The van der Waals surface area contributed by atoms with Crippen LogP contribution in [0.3, 0.4) is 0 Å². The Morgan fingerprint density at radius 3 is 2.62 bits per heavy atom. The fourth-order valence-electron chi connectivity index (χ4n) is 1.67. The SMILES string of the molecule is Cc1cc(N)n(Cc2ccc(F)c(C)c2)n1. The number of nitrogen functional groups attached to an aromatic ring is 1. The van der Waals surface area contributed by atoms with Crippen molar-refractivity contribution in [2.45, 2.75) is 20.4 Å². The van der Waals surface area contributed by atoms with Crippen molar-refractivity contribution in [3.63, 3.8) is 0 Å². The average Bonchev–Trinajstić information content (AvgIpc) is 2.51. The second-order valence-corrected chi connectivity index (χ2v) is 3.95. The second-order valence-electron chi connectivity index (χ2n) is 3.95. The van der Waals surface area contributed by atoms with Gasteiger partial charge in [0.15, 0.2) is 0 Å². The summed E-state index contributed by atoms with van der Waals surface area (Å²) in [6.07, 6.45) is 0. The predicted octanol–water partition coefficient (Wildman–Crippen LogP) is 2.27. The molecule has 0 radical (unpaired) electrons. The molecule has 1 aromatic carbocycles. The Morgan fingerprint density at radius 2 is 2.06 bits per heavy atom. The fraction of sp³-hybridized carbons (Fsp3) is 0.250. The number of halogens is 1. The maximum absolute atomic E-state index is 13.1. The molecule has 2 N–H and O–H groups in total. The maximum Gasteiger partial charge on any atom is 0.126 e. The Bertz CT molecular complexity index is 517. The number of nitrogens with zero attached hydrogens (tertiary/aromatic N) is 2. The number of hydrogen-bond donors (Lipinski definition) is 1. The van der Waals surface area contributed by atoms with Crippen LogP contribution in [0.5, 0.6) is 0 Å². The van der Waals surface area contributed by atoms with Gasteiger partial charge in [-0.05, 0) is 31.0 Å². The molecule has 0 aliphatic carbocycles. The van der Waals surface area contributed by atoms with Crippen LogP contribution in [0.25, 0.3) is 0 Å². The summed E-state index contributed by atoms with van der Waals surface area (Å²) < 4.78 is 14.8. The Morgan fingerprint density at radius 1 is 1.31 bits per heavy atom. The number of benzene rings is 1. The summed E-state index contributed by atoms with van der Waals surface area (Å²) in [7, 11) is 0. The molecule has 2 rings (SSSR count). The molecule has 3 nitrogen and oxygen atoms in total. The van der Waals surface area contributed by atoms with E-state index in [-0.39, 0.29) is 5.82 Å². The van der Waals surface area contributed by atoms with Crippen LogP contribution < -0.4 is 5.73 Å². The van der Waals surface area contributed by atoms with E-state index in [2.05, 4.69) is 5.10 Å². The number of hydrogen-bond acceptors (Lipinski definition) is 2. The summed E-state index contributed by atoms with van der Waals surface area (Å²) in [5, 5.41) is 4.26. The van der Waals surface area contributed by atoms with E-state index < -0.39 is 0 Å². The van der Waals surface area contributed by atoms with Crippen molar-refractivity contribution in [1.29, 1.82) is 0 Å². The van der Waals surface area contributed by atoms with Gasteiger partial charge in [-0.2, -0.15) is 5.10 Å². The van der Waals surface area contributed by atoms with Gasteiger partial charge in [0.2, 0.25) is 0 Å². The largest absolute Gasteiger partial charge is 0.384 e. The van der Waals surface area contributed by atoms with Crippen LogP contribution in [0.4, 0.5) is 10.2 Å². The molecule has 0 aliphatic rings. The Labute approximate surface area is 93.7 Å². The van der Waals surface area contributed by atoms with E-state index in [4.69, 9.17) is 5.73 Å². The van der Waals surface area contributed by atoms with Crippen molar-refractivity contribution < 1.29 is 4.39 Å². The molecule has 4 heteroatoms. The van der Waals surface area contributed by atoms with Gasteiger partial charge >= 0.3 is 0 Å². The molecule has 0 saturated carbocycles. The molecule has 0 bridgehead atoms. The zero-order valence-electron chi connectivity index (χ0n) is 9.37. The van der Waals surface area contributed by atoms with Gasteiger partial charge in [0.05, 0.1) is 12.2 Å². The minimum Gasteiger partial charge on any atom is -0.384 e. The summed E-state index contributed by atoms with van der Waals surface area (Å²) >= 11 is 0. The monoisotopic (exact) mass is 219 g/mol.